The maximum Gasteiger partial charge on any atom is 0.305 e. The number of nitrogens with two attached hydrogens (primary N) is 1. The van der Waals surface area contributed by atoms with E-state index in [1.807, 2.05) is 61.5 Å². The smallest absolute Gasteiger partial charge is 0.305 e. The topological polar surface area (TPSA) is 297 Å². The lowest BCUT2D eigenvalue weighted by Gasteiger charge is -2.24. The Bertz CT molecular complexity index is 1900. The summed E-state index contributed by atoms with van der Waals surface area (Å²) in [7, 11) is 0. The molecule has 0 radical (unpaired) electrons. The van der Waals surface area contributed by atoms with Crippen molar-refractivity contribution >= 4 is 47.7 Å². The van der Waals surface area contributed by atoms with Crippen molar-refractivity contribution in [2.45, 2.75) is 76.0 Å². The summed E-state index contributed by atoms with van der Waals surface area (Å²) in [5, 5.41) is 45.1. The number of hydrogen-bond acceptors (Lipinski definition) is 11. The number of unbranched alkanes of at least 4 members (excludes halogenated alkanes) is 1. The van der Waals surface area contributed by atoms with Gasteiger partial charge in [-0.25, -0.2) is 4.68 Å². The van der Waals surface area contributed by atoms with E-state index < -0.39 is 66.7 Å². The second-order valence-electron chi connectivity index (χ2n) is 13.6. The van der Waals surface area contributed by atoms with Gasteiger partial charge in [0, 0.05) is 13.1 Å². The first-order valence-electron chi connectivity index (χ1n) is 18.8. The SMILES string of the molecule is Cc1ccc(/C=N/OCC(=O)NCCCC[C@H]2C(=O)N[C@@H](CCCNC(=N)N)C(=O)NCC(=O)N[C@@H](CC(=O)O)C(=O)N[C@@H](Cc3ccccc3)c3cn2nn3)cc1. The molecule has 1 aliphatic heterocycles. The molecule has 20 nitrogen and oxygen atoms in total. The van der Waals surface area contributed by atoms with Crippen molar-refractivity contribution in [3.8, 4) is 0 Å². The molecule has 3 aromatic rings. The number of rotatable bonds is 17. The number of hydrogen-bond donors (Lipinski definition) is 9. The highest BCUT2D eigenvalue weighted by Gasteiger charge is 2.32. The normalized spacial score (nSPS) is 19.0. The summed E-state index contributed by atoms with van der Waals surface area (Å²) in [4.78, 5) is 83.1. The van der Waals surface area contributed by atoms with Crippen molar-refractivity contribution in [3.05, 3.63) is 83.2 Å². The van der Waals surface area contributed by atoms with Crippen LogP contribution in [0.1, 0.15) is 73.0 Å². The molecule has 4 rings (SSSR count). The fourth-order valence-electron chi connectivity index (χ4n) is 5.91. The van der Waals surface area contributed by atoms with E-state index in [1.54, 1.807) is 0 Å². The van der Waals surface area contributed by atoms with Gasteiger partial charge in [-0.05, 0) is 56.6 Å². The van der Waals surface area contributed by atoms with Crippen LogP contribution < -0.4 is 37.6 Å². The molecule has 0 spiro atoms. The highest BCUT2D eigenvalue weighted by Crippen LogP contribution is 2.21. The summed E-state index contributed by atoms with van der Waals surface area (Å²) in [6, 6.07) is 12.2. The van der Waals surface area contributed by atoms with Crippen LogP contribution in [0.5, 0.6) is 0 Å². The first-order valence-corrected chi connectivity index (χ1v) is 18.8. The molecule has 0 fully saturated rings. The third kappa shape index (κ3) is 15.0. The fraction of sp³-hybridized carbons (Fsp3) is 0.421. The quantitative estimate of drug-likeness (QED) is 0.0368. The molecule has 2 aromatic carbocycles. The van der Waals surface area contributed by atoms with Crippen LogP contribution in [-0.2, 0) is 40.0 Å². The molecule has 0 unspecified atom stereocenters. The monoisotopic (exact) mass is 802 g/mol. The molecule has 4 atom stereocenters. The number of nitrogens with one attached hydrogen (secondary N) is 7. The molecule has 10 N–H and O–H groups in total. The van der Waals surface area contributed by atoms with E-state index >= 15 is 0 Å². The van der Waals surface area contributed by atoms with Gasteiger partial charge in [-0.1, -0.05) is 70.5 Å². The van der Waals surface area contributed by atoms with Crippen molar-refractivity contribution in [2.75, 3.05) is 26.2 Å². The average molecular weight is 803 g/mol. The van der Waals surface area contributed by atoms with Gasteiger partial charge < -0.3 is 47.6 Å². The maximum absolute atomic E-state index is 14.0. The van der Waals surface area contributed by atoms with Crippen molar-refractivity contribution in [1.82, 2.24) is 46.9 Å². The number of aromatic nitrogens is 3. The maximum atomic E-state index is 14.0. The molecular formula is C38H50N12O8. The van der Waals surface area contributed by atoms with Crippen molar-refractivity contribution in [1.29, 1.82) is 5.41 Å². The van der Waals surface area contributed by atoms with Crippen LogP contribution in [-0.4, -0.2) is 106 Å². The Labute approximate surface area is 334 Å². The lowest BCUT2D eigenvalue weighted by atomic mass is 10.0. The highest BCUT2D eigenvalue weighted by molar-refractivity contribution is 5.94. The van der Waals surface area contributed by atoms with E-state index in [1.165, 1.54) is 17.1 Å². The number of aliphatic carboxylic acids is 1. The van der Waals surface area contributed by atoms with Gasteiger partial charge in [-0.3, -0.25) is 34.2 Å². The zero-order valence-electron chi connectivity index (χ0n) is 32.1. The third-order valence-electron chi connectivity index (χ3n) is 8.95. The van der Waals surface area contributed by atoms with Gasteiger partial charge in [0.05, 0.1) is 31.4 Å². The Balaban J connectivity index is 1.52. The number of amides is 5. The molecule has 2 bridgehead atoms. The minimum Gasteiger partial charge on any atom is -0.481 e. The zero-order valence-corrected chi connectivity index (χ0v) is 32.1. The Morgan fingerprint density at radius 1 is 0.931 bits per heavy atom. The lowest BCUT2D eigenvalue weighted by Crippen LogP contribution is -2.53. The third-order valence-corrected chi connectivity index (χ3v) is 8.95. The number of guanidine groups is 1. The van der Waals surface area contributed by atoms with Crippen LogP contribution in [0.4, 0.5) is 0 Å². The second-order valence-corrected chi connectivity index (χ2v) is 13.6. The standard InChI is InChI=1S/C38H50N12O8/c1-24-12-14-26(15-13-24)20-44-58-23-33(52)41-16-6-5-11-31-37(57)46-27(10-7-17-42-38(39)40)35(55)43-21-32(51)45-29(19-34(53)54)36(56)47-28(30-22-50(31)49-48-30)18-25-8-3-2-4-9-25/h2-4,8-9,12-15,20,22,27-29,31H,5-7,10-11,16-19,21,23H2,1H3,(H,41,52)(H,43,55)(H,45,51)(H,46,57)(H,47,56)(H,53,54)(H4,39,40,42)/b44-20+/t27-,28-,29-,31-/m0/s1. The number of nitrogens with zero attached hydrogens (tertiary/aromatic N) is 4. The van der Waals surface area contributed by atoms with Crippen molar-refractivity contribution in [2.24, 2.45) is 10.9 Å². The predicted molar refractivity (Wildman–Crippen MR) is 210 cm³/mol. The van der Waals surface area contributed by atoms with E-state index in [0.29, 0.717) is 19.3 Å². The summed E-state index contributed by atoms with van der Waals surface area (Å²) in [5.74, 6) is -4.93. The number of carbonyl (C=O) groups is 6. The van der Waals surface area contributed by atoms with Crippen LogP contribution >= 0.6 is 0 Å². The number of oxime groups is 1. The van der Waals surface area contributed by atoms with Gasteiger partial charge in [0.1, 0.15) is 23.8 Å². The van der Waals surface area contributed by atoms with Crippen LogP contribution in [0.2, 0.25) is 0 Å². The van der Waals surface area contributed by atoms with Gasteiger partial charge in [0.15, 0.2) is 12.6 Å². The Morgan fingerprint density at radius 2 is 1.66 bits per heavy atom. The van der Waals surface area contributed by atoms with Gasteiger partial charge in [-0.15, -0.1) is 5.10 Å². The predicted octanol–water partition coefficient (Wildman–Crippen LogP) is -0.298. The second kappa shape index (κ2) is 22.6. The van der Waals surface area contributed by atoms with Gasteiger partial charge in [0.2, 0.25) is 23.6 Å². The van der Waals surface area contributed by atoms with E-state index in [0.717, 1.165) is 16.7 Å². The number of carboxylic acid groups (broad SMARTS) is 1. The Morgan fingerprint density at radius 3 is 2.38 bits per heavy atom. The first kappa shape index (κ1) is 43.9. The van der Waals surface area contributed by atoms with Gasteiger partial charge in [0.25, 0.3) is 5.91 Å². The molecule has 0 saturated heterocycles. The number of carboxylic acids is 1. The molecule has 2 heterocycles. The first-order chi connectivity index (χ1) is 27.9. The average Bonchev–Trinajstić information content (AvgIpc) is 3.68. The summed E-state index contributed by atoms with van der Waals surface area (Å²) in [6.45, 7) is 1.54. The Kier molecular flexibility index (Phi) is 17.1. The van der Waals surface area contributed by atoms with Crippen LogP contribution in [0.15, 0.2) is 65.9 Å². The van der Waals surface area contributed by atoms with E-state index in [-0.39, 0.29) is 56.5 Å². The number of carbonyl (C=O) groups excluding carboxylic acids is 5. The van der Waals surface area contributed by atoms with E-state index in [4.69, 9.17) is 16.0 Å². The number of benzene rings is 2. The number of fused-ring (bicyclic) bond motifs is 2. The summed E-state index contributed by atoms with van der Waals surface area (Å²) < 4.78 is 1.34. The fourth-order valence-corrected chi connectivity index (χ4v) is 5.91. The van der Waals surface area contributed by atoms with Crippen LogP contribution in [0.25, 0.3) is 0 Å². The molecular weight excluding hydrogens is 752 g/mol. The van der Waals surface area contributed by atoms with E-state index in [2.05, 4.69) is 47.4 Å². The molecule has 0 saturated carbocycles. The van der Waals surface area contributed by atoms with Crippen molar-refractivity contribution in [3.63, 3.8) is 0 Å². The van der Waals surface area contributed by atoms with Gasteiger partial charge in [-0.2, -0.15) is 0 Å². The highest BCUT2D eigenvalue weighted by atomic mass is 16.6. The summed E-state index contributed by atoms with van der Waals surface area (Å²) >= 11 is 0. The van der Waals surface area contributed by atoms with E-state index in [9.17, 15) is 33.9 Å². The van der Waals surface area contributed by atoms with Crippen molar-refractivity contribution < 1.29 is 38.7 Å². The number of aryl methyl sites for hydroxylation is 1. The molecule has 310 valence electrons. The van der Waals surface area contributed by atoms with Gasteiger partial charge >= 0.3 is 5.97 Å². The molecule has 1 aromatic heterocycles. The molecule has 0 aliphatic carbocycles. The largest absolute Gasteiger partial charge is 0.481 e. The minimum atomic E-state index is -1.50. The molecule has 1 aliphatic rings. The zero-order chi connectivity index (χ0) is 41.9. The molecule has 20 heteroatoms. The minimum absolute atomic E-state index is 0.0845. The lowest BCUT2D eigenvalue weighted by molar-refractivity contribution is -0.141. The summed E-state index contributed by atoms with van der Waals surface area (Å²) in [5.41, 5.74) is 8.37. The Hall–Kier alpha value is -6.86. The summed E-state index contributed by atoms with van der Waals surface area (Å²) in [6.07, 6.45) is 3.92. The van der Waals surface area contributed by atoms with Crippen LogP contribution in [0, 0.1) is 12.3 Å². The van der Waals surface area contributed by atoms with Crippen LogP contribution in [0.3, 0.4) is 0 Å². The molecule has 58 heavy (non-hydrogen) atoms. The molecule has 5 amide bonds.